The van der Waals surface area contributed by atoms with Gasteiger partial charge in [0.1, 0.15) is 0 Å². The molecular formula is C20H25N2OP. The number of hydrogen-bond donors (Lipinski definition) is 1. The van der Waals surface area contributed by atoms with Crippen LogP contribution in [0.2, 0.25) is 0 Å². The van der Waals surface area contributed by atoms with E-state index in [1.54, 1.807) is 5.56 Å². The van der Waals surface area contributed by atoms with Crippen LogP contribution in [0.3, 0.4) is 0 Å². The second-order valence-corrected chi connectivity index (χ2v) is 7.98. The first kappa shape index (κ1) is 15.0. The first-order chi connectivity index (χ1) is 11.8. The Balaban J connectivity index is 1.56. The Morgan fingerprint density at radius 1 is 1.33 bits per heavy atom. The maximum Gasteiger partial charge on any atom is 0.0996 e. The smallest absolute Gasteiger partial charge is 0.0996 e. The minimum absolute atomic E-state index is 0.334. The molecular weight excluding hydrogens is 315 g/mol. The zero-order chi connectivity index (χ0) is 16.3. The third kappa shape index (κ3) is 2.11. The summed E-state index contributed by atoms with van der Waals surface area (Å²) in [6.45, 7) is 4.58. The third-order valence-electron chi connectivity index (χ3n) is 6.46. The fourth-order valence-corrected chi connectivity index (χ4v) is 5.55. The molecule has 3 aliphatic rings. The number of ether oxygens (including phenoxy) is 1. The Morgan fingerprint density at radius 2 is 2.21 bits per heavy atom. The highest BCUT2D eigenvalue weighted by molar-refractivity contribution is 7.16. The summed E-state index contributed by atoms with van der Waals surface area (Å²) in [6, 6.07) is 9.32. The molecule has 3 nitrogen and oxygen atoms in total. The Kier molecular flexibility index (Phi) is 3.50. The molecule has 1 fully saturated rings. The van der Waals surface area contributed by atoms with E-state index in [0.29, 0.717) is 24.0 Å². The molecule has 1 saturated heterocycles. The van der Waals surface area contributed by atoms with Crippen LogP contribution in [0.5, 0.6) is 0 Å². The van der Waals surface area contributed by atoms with Gasteiger partial charge in [0, 0.05) is 35.6 Å². The molecule has 0 saturated carbocycles. The number of allylic oxidation sites excluding steroid dienone is 1. The van der Waals surface area contributed by atoms with E-state index in [4.69, 9.17) is 4.74 Å². The van der Waals surface area contributed by atoms with Crippen LogP contribution in [0.4, 0.5) is 0 Å². The molecule has 5 rings (SSSR count). The largest absolute Gasteiger partial charge is 0.498 e. The van der Waals surface area contributed by atoms with Gasteiger partial charge >= 0.3 is 0 Å². The highest BCUT2D eigenvalue weighted by Crippen LogP contribution is 2.47. The van der Waals surface area contributed by atoms with Crippen LogP contribution in [0.25, 0.3) is 10.9 Å². The van der Waals surface area contributed by atoms with E-state index in [0.717, 1.165) is 19.1 Å². The topological polar surface area (TPSA) is 28.3 Å². The lowest BCUT2D eigenvalue weighted by Gasteiger charge is -2.49. The van der Waals surface area contributed by atoms with Crippen molar-refractivity contribution in [1.29, 1.82) is 0 Å². The van der Waals surface area contributed by atoms with Crippen LogP contribution in [0, 0.1) is 11.8 Å². The maximum atomic E-state index is 5.94. The molecule has 5 unspecified atom stereocenters. The van der Waals surface area contributed by atoms with Crippen LogP contribution in [-0.2, 0) is 11.2 Å². The van der Waals surface area contributed by atoms with Gasteiger partial charge in [-0.2, -0.15) is 0 Å². The van der Waals surface area contributed by atoms with Gasteiger partial charge in [-0.3, -0.25) is 4.90 Å². The van der Waals surface area contributed by atoms with Crippen molar-refractivity contribution >= 4 is 20.1 Å². The van der Waals surface area contributed by atoms with Crippen molar-refractivity contribution in [2.24, 2.45) is 11.8 Å². The van der Waals surface area contributed by atoms with E-state index in [2.05, 4.69) is 50.3 Å². The van der Waals surface area contributed by atoms with Crippen molar-refractivity contribution in [3.05, 3.63) is 47.4 Å². The number of nitrogens with zero attached hydrogens (tertiary/aromatic N) is 1. The van der Waals surface area contributed by atoms with Crippen molar-refractivity contribution in [3.8, 4) is 0 Å². The molecule has 24 heavy (non-hydrogen) atoms. The van der Waals surface area contributed by atoms with Crippen LogP contribution in [-0.4, -0.2) is 35.2 Å². The number of aromatic nitrogens is 1. The summed E-state index contributed by atoms with van der Waals surface area (Å²) < 4.78 is 5.94. The minimum atomic E-state index is 0.334. The Labute approximate surface area is 145 Å². The number of aromatic amines is 1. The molecule has 4 heteroatoms. The van der Waals surface area contributed by atoms with E-state index in [1.807, 2.05) is 6.26 Å². The number of H-pyrrole nitrogens is 1. The maximum absolute atomic E-state index is 5.94. The number of para-hydroxylation sites is 1. The Bertz CT molecular complexity index is 811. The van der Waals surface area contributed by atoms with Gasteiger partial charge in [0.2, 0.25) is 0 Å². The van der Waals surface area contributed by atoms with E-state index >= 15 is 0 Å². The monoisotopic (exact) mass is 340 g/mol. The van der Waals surface area contributed by atoms with Crippen LogP contribution in [0.1, 0.15) is 30.6 Å². The van der Waals surface area contributed by atoms with E-state index < -0.39 is 0 Å². The first-order valence-electron chi connectivity index (χ1n) is 9.14. The van der Waals surface area contributed by atoms with Gasteiger partial charge in [-0.05, 0) is 49.0 Å². The molecule has 4 heterocycles. The average molecular weight is 340 g/mol. The van der Waals surface area contributed by atoms with Crippen molar-refractivity contribution in [2.75, 3.05) is 19.3 Å². The molecule has 2 aromatic rings. The normalized spacial score (nSPS) is 32.5. The molecule has 0 aliphatic carbocycles. The lowest BCUT2D eigenvalue weighted by molar-refractivity contribution is -0.0225. The highest BCUT2D eigenvalue weighted by atomic mass is 31.0. The summed E-state index contributed by atoms with van der Waals surface area (Å²) in [6.07, 6.45) is 5.79. The van der Waals surface area contributed by atoms with Gasteiger partial charge in [-0.1, -0.05) is 18.2 Å². The molecule has 0 radical (unpaired) electrons. The van der Waals surface area contributed by atoms with E-state index in [1.165, 1.54) is 35.1 Å². The van der Waals surface area contributed by atoms with Gasteiger partial charge in [-0.15, -0.1) is 9.24 Å². The standard InChI is InChI=1S/C20H25N2OP/c1-12-17-9-22-7-6-15-14-4-2-3-5-18(14)21-20(15)19(22)8-16(17)13(11-24)10-23-12/h2-5,10,12,16-17,19,21H,6-9,11,24H2,1H3. The van der Waals surface area contributed by atoms with Gasteiger partial charge in [0.15, 0.2) is 0 Å². The summed E-state index contributed by atoms with van der Waals surface area (Å²) in [5.41, 5.74) is 5.81. The van der Waals surface area contributed by atoms with E-state index in [-0.39, 0.29) is 0 Å². The Morgan fingerprint density at radius 3 is 3.08 bits per heavy atom. The third-order valence-corrected chi connectivity index (χ3v) is 6.93. The number of fused-ring (bicyclic) bond motifs is 6. The quantitative estimate of drug-likeness (QED) is 0.798. The molecule has 5 atom stereocenters. The fourth-order valence-electron chi connectivity index (χ4n) is 5.15. The predicted octanol–water partition coefficient (Wildman–Crippen LogP) is 3.88. The fraction of sp³-hybridized carbons (Fsp3) is 0.500. The van der Waals surface area contributed by atoms with E-state index in [9.17, 15) is 0 Å². The van der Waals surface area contributed by atoms with Crippen molar-refractivity contribution < 1.29 is 4.74 Å². The number of nitrogens with one attached hydrogen (secondary N) is 1. The molecule has 0 amide bonds. The molecule has 0 spiro atoms. The van der Waals surface area contributed by atoms with Gasteiger partial charge in [0.25, 0.3) is 0 Å². The second-order valence-electron chi connectivity index (χ2n) is 7.57. The average Bonchev–Trinajstić information content (AvgIpc) is 3.00. The van der Waals surface area contributed by atoms with Crippen LogP contribution in [0.15, 0.2) is 36.1 Å². The minimum Gasteiger partial charge on any atom is -0.498 e. The number of rotatable bonds is 1. The van der Waals surface area contributed by atoms with Crippen molar-refractivity contribution in [2.45, 2.75) is 31.9 Å². The molecule has 1 aromatic carbocycles. The number of piperidine rings is 1. The summed E-state index contributed by atoms with van der Waals surface area (Å²) >= 11 is 0. The van der Waals surface area contributed by atoms with Gasteiger partial charge in [-0.25, -0.2) is 0 Å². The van der Waals surface area contributed by atoms with Crippen molar-refractivity contribution in [3.63, 3.8) is 0 Å². The van der Waals surface area contributed by atoms with Gasteiger partial charge in [0.05, 0.1) is 18.4 Å². The molecule has 1 aromatic heterocycles. The zero-order valence-electron chi connectivity index (χ0n) is 14.2. The summed E-state index contributed by atoms with van der Waals surface area (Å²) in [4.78, 5) is 6.46. The van der Waals surface area contributed by atoms with Crippen LogP contribution < -0.4 is 0 Å². The molecule has 0 bridgehead atoms. The highest BCUT2D eigenvalue weighted by Gasteiger charge is 2.44. The Hall–Kier alpha value is -1.31. The summed E-state index contributed by atoms with van der Waals surface area (Å²) in [5.74, 6) is 1.29. The number of benzene rings is 1. The van der Waals surface area contributed by atoms with Gasteiger partial charge < -0.3 is 9.72 Å². The second kappa shape index (κ2) is 5.61. The van der Waals surface area contributed by atoms with Crippen LogP contribution >= 0.6 is 9.24 Å². The lowest BCUT2D eigenvalue weighted by atomic mass is 9.72. The van der Waals surface area contributed by atoms with Crippen molar-refractivity contribution in [1.82, 2.24) is 9.88 Å². The summed E-state index contributed by atoms with van der Waals surface area (Å²) in [5, 5.41) is 1.43. The molecule has 3 aliphatic heterocycles. The number of hydrogen-bond acceptors (Lipinski definition) is 2. The first-order valence-corrected chi connectivity index (χ1v) is 9.96. The summed E-state index contributed by atoms with van der Waals surface area (Å²) in [7, 11) is 2.89. The molecule has 1 N–H and O–H groups in total. The zero-order valence-corrected chi connectivity index (χ0v) is 15.3. The molecule has 126 valence electrons. The SMILES string of the molecule is CC1OC=C(CP)C2CC3c4[nH]c5ccccc5c4CCN3CC12. The predicted molar refractivity (Wildman–Crippen MR) is 101 cm³/mol. The lowest BCUT2D eigenvalue weighted by Crippen LogP contribution is -2.50.